The van der Waals surface area contributed by atoms with Gasteiger partial charge in [-0.1, -0.05) is 44.2 Å². The van der Waals surface area contributed by atoms with Gasteiger partial charge < -0.3 is 36.1 Å². The molecule has 1 aliphatic heterocycles. The summed E-state index contributed by atoms with van der Waals surface area (Å²) in [6.45, 7) is 4.86. The molecule has 1 saturated heterocycles. The van der Waals surface area contributed by atoms with E-state index in [1.807, 2.05) is 30.3 Å². The summed E-state index contributed by atoms with van der Waals surface area (Å²) in [5.41, 5.74) is 1.59. The second-order valence-corrected chi connectivity index (χ2v) is 12.2. The number of nitrogens with zero attached hydrogens (tertiary/aromatic N) is 4. The number of hydrogen-bond donors (Lipinski definition) is 5. The van der Waals surface area contributed by atoms with Gasteiger partial charge in [0.2, 0.25) is 29.5 Å². The number of aromatic nitrogens is 3. The van der Waals surface area contributed by atoms with Gasteiger partial charge in [0.1, 0.15) is 35.4 Å². The molecule has 4 rings (SSSR count). The fourth-order valence-corrected chi connectivity index (χ4v) is 5.37. The predicted molar refractivity (Wildman–Crippen MR) is 172 cm³/mol. The van der Waals surface area contributed by atoms with E-state index >= 15 is 0 Å². The molecule has 1 aliphatic rings. The lowest BCUT2D eigenvalue weighted by molar-refractivity contribution is -0.139. The van der Waals surface area contributed by atoms with Crippen molar-refractivity contribution in [3.05, 3.63) is 60.0 Å². The Balaban J connectivity index is 1.56. The number of rotatable bonds is 5. The summed E-state index contributed by atoms with van der Waals surface area (Å²) in [4.78, 5) is 81.1. The molecule has 15 heteroatoms. The number of fused-ring (bicyclic) bond motifs is 1. The summed E-state index contributed by atoms with van der Waals surface area (Å²) in [7, 11) is 3.24. The van der Waals surface area contributed by atoms with Crippen molar-refractivity contribution in [2.45, 2.75) is 64.2 Å². The maximum absolute atomic E-state index is 13.6. The lowest BCUT2D eigenvalue weighted by Crippen LogP contribution is -2.59. The molecule has 3 aromatic rings. The van der Waals surface area contributed by atoms with E-state index in [0.717, 1.165) is 5.56 Å². The van der Waals surface area contributed by atoms with Gasteiger partial charge in [0.25, 0.3) is 5.91 Å². The Morgan fingerprint density at radius 1 is 0.979 bits per heavy atom. The van der Waals surface area contributed by atoms with E-state index in [0.29, 0.717) is 12.1 Å². The standard InChI is InChI=1S/C32H43N9O6/c1-19(2)26-30(46)35-20(3)27(43)37-24(16-21-10-7-6-8-11-21)32(47)40(5)18-25(42)33-13-9-12-23(29(45)38-26)36-28(44)22-17-34-41-15-14-39(4)31(22)41/h6-8,10-11,14-15,17,19-20,23-24,26H,9,12-13,16,18H2,1-5H3,(H,33,42)(H,35,46)(H,36,44)(H,37,43)(H,38,45)/t20-,23+,24+,26-/m1/s1. The van der Waals surface area contributed by atoms with Crippen LogP contribution in [0.4, 0.5) is 0 Å². The van der Waals surface area contributed by atoms with Crippen LogP contribution in [0.15, 0.2) is 48.9 Å². The number of imidazole rings is 1. The summed E-state index contributed by atoms with van der Waals surface area (Å²) >= 11 is 0. The smallest absolute Gasteiger partial charge is 0.257 e. The van der Waals surface area contributed by atoms with Crippen LogP contribution in [0.3, 0.4) is 0 Å². The van der Waals surface area contributed by atoms with E-state index in [2.05, 4.69) is 31.7 Å². The van der Waals surface area contributed by atoms with Crippen molar-refractivity contribution in [2.24, 2.45) is 13.0 Å². The summed E-state index contributed by atoms with van der Waals surface area (Å²) in [6.07, 6.45) is 5.45. The molecule has 0 saturated carbocycles. The normalized spacial score (nSPS) is 22.6. The van der Waals surface area contributed by atoms with Crippen molar-refractivity contribution in [1.82, 2.24) is 45.7 Å². The minimum absolute atomic E-state index is 0.134. The Hall–Kier alpha value is -5.21. The van der Waals surface area contributed by atoms with Crippen molar-refractivity contribution in [1.29, 1.82) is 0 Å². The van der Waals surface area contributed by atoms with Crippen LogP contribution in [0.1, 0.15) is 49.5 Å². The fourth-order valence-electron chi connectivity index (χ4n) is 5.37. The Morgan fingerprint density at radius 2 is 1.70 bits per heavy atom. The third kappa shape index (κ3) is 8.74. The first-order valence-electron chi connectivity index (χ1n) is 15.6. The molecule has 5 N–H and O–H groups in total. The maximum Gasteiger partial charge on any atom is 0.257 e. The van der Waals surface area contributed by atoms with Gasteiger partial charge in [0.05, 0.1) is 12.7 Å². The molecule has 4 atom stereocenters. The highest BCUT2D eigenvalue weighted by Gasteiger charge is 2.33. The van der Waals surface area contributed by atoms with Gasteiger partial charge in [-0.2, -0.15) is 5.10 Å². The van der Waals surface area contributed by atoms with Gasteiger partial charge in [-0.05, 0) is 31.2 Å². The van der Waals surface area contributed by atoms with Crippen LogP contribution >= 0.6 is 0 Å². The lowest BCUT2D eigenvalue weighted by Gasteiger charge is -2.28. The molecule has 6 amide bonds. The number of benzene rings is 1. The second-order valence-electron chi connectivity index (χ2n) is 12.2. The molecule has 3 heterocycles. The van der Waals surface area contributed by atoms with Gasteiger partial charge in [-0.15, -0.1) is 0 Å². The third-order valence-electron chi connectivity index (χ3n) is 8.05. The second kappa shape index (κ2) is 15.4. The first-order chi connectivity index (χ1) is 22.3. The molecule has 1 aromatic carbocycles. The molecule has 2 aromatic heterocycles. The van der Waals surface area contributed by atoms with E-state index in [-0.39, 0.29) is 37.4 Å². The monoisotopic (exact) mass is 649 g/mol. The molecule has 0 bridgehead atoms. The van der Waals surface area contributed by atoms with E-state index in [4.69, 9.17) is 0 Å². The third-order valence-corrected chi connectivity index (χ3v) is 8.05. The average molecular weight is 650 g/mol. The number of carbonyl (C=O) groups is 6. The van der Waals surface area contributed by atoms with Gasteiger partial charge in [-0.3, -0.25) is 28.8 Å². The van der Waals surface area contributed by atoms with Crippen molar-refractivity contribution < 1.29 is 28.8 Å². The predicted octanol–water partition coefficient (Wildman–Crippen LogP) is -0.487. The van der Waals surface area contributed by atoms with Crippen LogP contribution in [0.5, 0.6) is 0 Å². The van der Waals surface area contributed by atoms with Crippen molar-refractivity contribution in [3.63, 3.8) is 0 Å². The van der Waals surface area contributed by atoms with Crippen LogP contribution in [0, 0.1) is 5.92 Å². The van der Waals surface area contributed by atoms with Crippen LogP contribution in [0.25, 0.3) is 5.65 Å². The Labute approximate surface area is 272 Å². The van der Waals surface area contributed by atoms with Crippen molar-refractivity contribution in [2.75, 3.05) is 20.1 Å². The molecule has 47 heavy (non-hydrogen) atoms. The zero-order chi connectivity index (χ0) is 34.2. The zero-order valence-electron chi connectivity index (χ0n) is 27.3. The van der Waals surface area contributed by atoms with Gasteiger partial charge in [0.15, 0.2) is 0 Å². The molecule has 0 radical (unpaired) electrons. The van der Waals surface area contributed by atoms with E-state index in [1.54, 1.807) is 37.9 Å². The van der Waals surface area contributed by atoms with E-state index in [9.17, 15) is 28.8 Å². The highest BCUT2D eigenvalue weighted by Crippen LogP contribution is 2.13. The average Bonchev–Trinajstić information content (AvgIpc) is 3.62. The maximum atomic E-state index is 13.6. The quantitative estimate of drug-likeness (QED) is 0.247. The summed E-state index contributed by atoms with van der Waals surface area (Å²) in [5.74, 6) is -3.62. The van der Waals surface area contributed by atoms with Gasteiger partial charge in [-0.25, -0.2) is 4.52 Å². The van der Waals surface area contributed by atoms with E-state index in [1.165, 1.54) is 29.6 Å². The van der Waals surface area contributed by atoms with Crippen LogP contribution < -0.4 is 26.6 Å². The summed E-state index contributed by atoms with van der Waals surface area (Å²) in [5, 5.41) is 17.8. The minimum Gasteiger partial charge on any atom is -0.355 e. The van der Waals surface area contributed by atoms with Crippen LogP contribution in [0.2, 0.25) is 0 Å². The number of carbonyl (C=O) groups excluding carboxylic acids is 6. The van der Waals surface area contributed by atoms with Gasteiger partial charge in [0, 0.05) is 39.5 Å². The molecule has 252 valence electrons. The highest BCUT2D eigenvalue weighted by molar-refractivity contribution is 6.02. The molecule has 1 fully saturated rings. The minimum atomic E-state index is -1.07. The molecule has 0 aliphatic carbocycles. The molecular formula is C32H43N9O6. The number of nitrogens with one attached hydrogen (secondary N) is 5. The number of amides is 6. The first kappa shape index (κ1) is 34.7. The Bertz CT molecular complexity index is 1620. The number of hydrogen-bond acceptors (Lipinski definition) is 7. The zero-order valence-corrected chi connectivity index (χ0v) is 27.3. The van der Waals surface area contributed by atoms with Gasteiger partial charge >= 0.3 is 0 Å². The first-order valence-corrected chi connectivity index (χ1v) is 15.6. The van der Waals surface area contributed by atoms with Crippen molar-refractivity contribution in [3.8, 4) is 0 Å². The fraction of sp³-hybridized carbons (Fsp3) is 0.469. The molecule has 0 spiro atoms. The topological polar surface area (TPSA) is 188 Å². The largest absolute Gasteiger partial charge is 0.355 e. The molecular weight excluding hydrogens is 606 g/mol. The summed E-state index contributed by atoms with van der Waals surface area (Å²) < 4.78 is 3.26. The van der Waals surface area contributed by atoms with E-state index < -0.39 is 59.6 Å². The Kier molecular flexibility index (Phi) is 11.3. The number of aryl methyl sites for hydroxylation is 1. The van der Waals surface area contributed by atoms with Crippen LogP contribution in [-0.4, -0.2) is 98.8 Å². The SMILES string of the molecule is CC(C)[C@H]1NC(=O)[C@@H](NC(=O)c2cnn3ccn(C)c23)CCCNC(=O)CN(C)C(=O)[C@H](Cc2ccccc2)NC(=O)[C@@H](C)NC1=O. The van der Waals surface area contributed by atoms with Crippen LogP contribution in [-0.2, 0) is 37.4 Å². The molecule has 0 unspecified atom stereocenters. The molecule has 15 nitrogen and oxygen atoms in total. The van der Waals surface area contributed by atoms with Crippen molar-refractivity contribution >= 4 is 41.1 Å². The Morgan fingerprint density at radius 3 is 2.40 bits per heavy atom. The lowest BCUT2D eigenvalue weighted by atomic mass is 10.0. The highest BCUT2D eigenvalue weighted by atomic mass is 16.2. The number of likely N-dealkylation sites (N-methyl/N-ethyl adjacent to an activating group) is 1. The summed E-state index contributed by atoms with van der Waals surface area (Å²) in [6, 6.07) is 4.95.